The largest absolute Gasteiger partial charge is 0.346 e. The summed E-state index contributed by atoms with van der Waals surface area (Å²) in [5.74, 6) is 0.345. The van der Waals surface area contributed by atoms with E-state index in [2.05, 4.69) is 30.6 Å². The molecule has 0 amide bonds. The van der Waals surface area contributed by atoms with E-state index in [0.717, 1.165) is 40.9 Å². The number of rotatable bonds is 6. The number of fused-ring (bicyclic) bond motifs is 1. The van der Waals surface area contributed by atoms with E-state index in [0.29, 0.717) is 18.8 Å². The fourth-order valence-electron chi connectivity index (χ4n) is 4.58. The van der Waals surface area contributed by atoms with Crippen LogP contribution in [0.5, 0.6) is 0 Å². The Labute approximate surface area is 199 Å². The molecule has 1 saturated heterocycles. The summed E-state index contributed by atoms with van der Waals surface area (Å²) in [5.41, 5.74) is 3.60. The molecule has 0 aromatic carbocycles. The summed E-state index contributed by atoms with van der Waals surface area (Å²) in [5, 5.41) is 6.73. The van der Waals surface area contributed by atoms with Crippen LogP contribution in [0.3, 0.4) is 0 Å². The van der Waals surface area contributed by atoms with E-state index in [-0.39, 0.29) is 11.2 Å². The van der Waals surface area contributed by atoms with Gasteiger partial charge >= 0.3 is 0 Å². The summed E-state index contributed by atoms with van der Waals surface area (Å²) in [7, 11) is -3.22. The van der Waals surface area contributed by atoms with Crippen LogP contribution < -0.4 is 10.6 Å². The Hall–Kier alpha value is -3.30. The van der Waals surface area contributed by atoms with Gasteiger partial charge in [-0.15, -0.1) is 0 Å². The number of sulfone groups is 1. The van der Waals surface area contributed by atoms with Gasteiger partial charge in [0.25, 0.3) is 0 Å². The number of nitrogens with one attached hydrogen (secondary N) is 3. The van der Waals surface area contributed by atoms with Gasteiger partial charge in [-0.05, 0) is 55.6 Å². The molecule has 2 unspecified atom stereocenters. The van der Waals surface area contributed by atoms with Crippen molar-refractivity contribution in [3.63, 3.8) is 0 Å². The highest BCUT2D eigenvalue weighted by Crippen LogP contribution is 2.29. The fourth-order valence-corrected chi connectivity index (χ4v) is 6.89. The average molecular weight is 477 g/mol. The van der Waals surface area contributed by atoms with Crippen molar-refractivity contribution in [3.8, 4) is 0 Å². The summed E-state index contributed by atoms with van der Waals surface area (Å²) < 4.78 is 26.2. The summed E-state index contributed by atoms with van der Waals surface area (Å²) in [6.45, 7) is 3.47. The highest BCUT2D eigenvalue weighted by Gasteiger charge is 2.37. The summed E-state index contributed by atoms with van der Waals surface area (Å²) >= 11 is 0. The number of hydrogen-bond acceptors (Lipinski definition) is 7. The third-order valence-electron chi connectivity index (χ3n) is 6.43. The normalized spacial score (nSPS) is 21.7. The first-order valence-electron chi connectivity index (χ1n) is 11.5. The lowest BCUT2D eigenvalue weighted by atomic mass is 10.0. The van der Waals surface area contributed by atoms with E-state index in [4.69, 9.17) is 0 Å². The molecular formula is C25H28N6O2S. The number of allylic oxidation sites excluding steroid dienone is 2. The van der Waals surface area contributed by atoms with Gasteiger partial charge in [0, 0.05) is 41.4 Å². The van der Waals surface area contributed by atoms with Gasteiger partial charge < -0.3 is 15.6 Å². The third-order valence-corrected chi connectivity index (χ3v) is 9.18. The lowest BCUT2D eigenvalue weighted by Crippen LogP contribution is -2.42. The van der Waals surface area contributed by atoms with Gasteiger partial charge in [0.1, 0.15) is 5.65 Å². The molecular weight excluding hydrogens is 448 g/mol. The fraction of sp³-hybridized carbons (Fsp3) is 0.320. The highest BCUT2D eigenvalue weighted by atomic mass is 32.2. The Morgan fingerprint density at radius 1 is 1.09 bits per heavy atom. The second-order valence-corrected chi connectivity index (χ2v) is 11.2. The van der Waals surface area contributed by atoms with Crippen molar-refractivity contribution in [3.05, 3.63) is 72.0 Å². The molecule has 3 aromatic heterocycles. The van der Waals surface area contributed by atoms with Crippen molar-refractivity contribution in [2.45, 2.75) is 30.3 Å². The average Bonchev–Trinajstić information content (AvgIpc) is 3.34. The molecule has 0 spiro atoms. The molecule has 1 aliphatic carbocycles. The maximum atomic E-state index is 13.1. The zero-order valence-electron chi connectivity index (χ0n) is 19.0. The van der Waals surface area contributed by atoms with Crippen molar-refractivity contribution in [1.82, 2.24) is 25.3 Å². The van der Waals surface area contributed by atoms with Crippen LogP contribution >= 0.6 is 0 Å². The second-order valence-electron chi connectivity index (χ2n) is 8.78. The van der Waals surface area contributed by atoms with E-state index in [9.17, 15) is 8.42 Å². The number of H-pyrrole nitrogens is 1. The quantitative estimate of drug-likeness (QED) is 0.499. The van der Waals surface area contributed by atoms with Crippen molar-refractivity contribution in [2.75, 3.05) is 18.4 Å². The molecule has 5 rings (SSSR count). The Morgan fingerprint density at radius 3 is 2.65 bits per heavy atom. The maximum absolute atomic E-state index is 13.1. The second kappa shape index (κ2) is 9.52. The monoisotopic (exact) mass is 476 g/mol. The lowest BCUT2D eigenvalue weighted by Gasteiger charge is -2.30. The predicted molar refractivity (Wildman–Crippen MR) is 136 cm³/mol. The topological polar surface area (TPSA) is 113 Å². The van der Waals surface area contributed by atoms with Crippen LogP contribution in [0.25, 0.3) is 23.2 Å². The van der Waals surface area contributed by atoms with Crippen molar-refractivity contribution in [1.29, 1.82) is 0 Å². The molecule has 9 heteroatoms. The molecule has 1 aliphatic heterocycles. The number of pyridine rings is 1. The Morgan fingerprint density at radius 2 is 1.88 bits per heavy atom. The van der Waals surface area contributed by atoms with Gasteiger partial charge in [-0.3, -0.25) is 0 Å². The first-order valence-corrected chi connectivity index (χ1v) is 13.1. The van der Waals surface area contributed by atoms with E-state index in [1.54, 1.807) is 24.7 Å². The van der Waals surface area contributed by atoms with Crippen LogP contribution in [-0.4, -0.2) is 51.9 Å². The minimum atomic E-state index is -3.22. The molecule has 0 radical (unpaired) electrons. The zero-order valence-corrected chi connectivity index (χ0v) is 19.8. The molecule has 8 nitrogen and oxygen atoms in total. The van der Waals surface area contributed by atoms with Crippen LogP contribution in [-0.2, 0) is 9.84 Å². The van der Waals surface area contributed by atoms with E-state index in [1.807, 2.05) is 49.6 Å². The van der Waals surface area contributed by atoms with Crippen molar-refractivity contribution >= 4 is 39.0 Å². The summed E-state index contributed by atoms with van der Waals surface area (Å²) in [6.07, 6.45) is 18.1. The molecule has 176 valence electrons. The van der Waals surface area contributed by atoms with Crippen molar-refractivity contribution < 1.29 is 8.42 Å². The molecule has 2 aliphatic rings. The molecule has 1 fully saturated rings. The van der Waals surface area contributed by atoms with Gasteiger partial charge in [-0.2, -0.15) is 0 Å². The SMILES string of the molecule is CC1C=C(Nc2ncc(/C=C/c3ccnc4[nH]ccc34)cn2)C=CC1S(=O)(=O)C1CCNCC1. The number of hydrogen-bond donors (Lipinski definition) is 3. The molecule has 0 bridgehead atoms. The van der Waals surface area contributed by atoms with Gasteiger partial charge in [0.05, 0.1) is 10.5 Å². The van der Waals surface area contributed by atoms with E-state index in [1.165, 1.54) is 0 Å². The van der Waals surface area contributed by atoms with Crippen LogP contribution in [0.15, 0.2) is 60.8 Å². The van der Waals surface area contributed by atoms with Gasteiger partial charge in [0.15, 0.2) is 9.84 Å². The Bertz CT molecular complexity index is 1350. The number of aromatic nitrogens is 4. The predicted octanol–water partition coefficient (Wildman–Crippen LogP) is 3.56. The van der Waals surface area contributed by atoms with Crippen LogP contribution in [0.4, 0.5) is 5.95 Å². The van der Waals surface area contributed by atoms with Gasteiger partial charge in [-0.25, -0.2) is 23.4 Å². The van der Waals surface area contributed by atoms with Crippen LogP contribution in [0.2, 0.25) is 0 Å². The maximum Gasteiger partial charge on any atom is 0.227 e. The number of anilines is 1. The van der Waals surface area contributed by atoms with Crippen LogP contribution in [0, 0.1) is 5.92 Å². The van der Waals surface area contributed by atoms with Crippen LogP contribution in [0.1, 0.15) is 30.9 Å². The number of piperidine rings is 1. The van der Waals surface area contributed by atoms with E-state index < -0.39 is 15.1 Å². The number of aromatic amines is 1. The minimum absolute atomic E-state index is 0.125. The summed E-state index contributed by atoms with van der Waals surface area (Å²) in [4.78, 5) is 16.2. The Balaban J connectivity index is 1.23. The standard InChI is InChI=1S/C25H28N6O2S/c1-17-14-20(4-5-23(17)34(32,33)21-7-10-26-11-8-21)31-25-29-15-18(16-30-25)2-3-19-6-12-27-24-22(19)9-13-28-24/h2-6,9,12-17,21,23,26H,7-8,10-11H2,1H3,(H,27,28)(H,29,30,31)/b3-2+. The zero-order chi connectivity index (χ0) is 23.5. The van der Waals surface area contributed by atoms with Gasteiger partial charge in [-0.1, -0.05) is 31.2 Å². The number of nitrogens with zero attached hydrogens (tertiary/aromatic N) is 3. The molecule has 2 atom stereocenters. The molecule has 34 heavy (non-hydrogen) atoms. The third kappa shape index (κ3) is 4.67. The van der Waals surface area contributed by atoms with Gasteiger partial charge in [0.2, 0.25) is 5.95 Å². The molecule has 3 aromatic rings. The molecule has 3 N–H and O–H groups in total. The molecule has 4 heterocycles. The first kappa shape index (κ1) is 22.5. The Kier molecular flexibility index (Phi) is 6.30. The summed E-state index contributed by atoms with van der Waals surface area (Å²) in [6, 6.07) is 3.96. The molecule has 0 saturated carbocycles. The highest BCUT2D eigenvalue weighted by molar-refractivity contribution is 7.92. The van der Waals surface area contributed by atoms with E-state index >= 15 is 0 Å². The minimum Gasteiger partial charge on any atom is -0.346 e. The van der Waals surface area contributed by atoms with Crippen molar-refractivity contribution in [2.24, 2.45) is 5.92 Å². The first-order chi connectivity index (χ1) is 16.5. The lowest BCUT2D eigenvalue weighted by molar-refractivity contribution is 0.487. The smallest absolute Gasteiger partial charge is 0.227 e.